The van der Waals surface area contributed by atoms with Crippen LogP contribution in [0.2, 0.25) is 0 Å². The summed E-state index contributed by atoms with van der Waals surface area (Å²) in [5.41, 5.74) is -0.0348. The second kappa shape index (κ2) is 5.79. The van der Waals surface area contributed by atoms with Crippen molar-refractivity contribution in [3.05, 3.63) is 46.0 Å². The van der Waals surface area contributed by atoms with Crippen LogP contribution in [-0.4, -0.2) is 19.7 Å². The number of rotatable bonds is 5. The van der Waals surface area contributed by atoms with Crippen molar-refractivity contribution in [2.45, 2.75) is 20.1 Å². The normalized spacial score (nSPS) is 10.0. The van der Waals surface area contributed by atoms with E-state index in [1.54, 1.807) is 4.68 Å². The fourth-order valence-electron chi connectivity index (χ4n) is 1.66. The Morgan fingerprint density at radius 1 is 1.55 bits per heavy atom. The van der Waals surface area contributed by atoms with E-state index in [4.69, 9.17) is 10.00 Å². The lowest BCUT2D eigenvalue weighted by Gasteiger charge is -2.07. The second-order valence-corrected chi connectivity index (χ2v) is 3.83. The molecule has 1 heterocycles. The lowest BCUT2D eigenvalue weighted by Crippen LogP contribution is -2.08. The summed E-state index contributed by atoms with van der Waals surface area (Å²) in [6.07, 6.45) is 1.40. The van der Waals surface area contributed by atoms with Crippen LogP contribution in [0.1, 0.15) is 18.3 Å². The SMILES string of the molecule is CCn1ncnc1COc1ccc(C#N)cc1[N+](=O)[O-]. The van der Waals surface area contributed by atoms with Gasteiger partial charge in [0.25, 0.3) is 0 Å². The molecule has 8 nitrogen and oxygen atoms in total. The molecule has 0 fully saturated rings. The molecular formula is C12H11N5O3. The van der Waals surface area contributed by atoms with E-state index in [0.717, 1.165) is 0 Å². The Morgan fingerprint density at radius 3 is 3.00 bits per heavy atom. The number of nitro benzene ring substituents is 1. The maximum Gasteiger partial charge on any atom is 0.312 e. The lowest BCUT2D eigenvalue weighted by atomic mass is 10.2. The summed E-state index contributed by atoms with van der Waals surface area (Å²) in [7, 11) is 0. The van der Waals surface area contributed by atoms with Crippen molar-refractivity contribution in [1.29, 1.82) is 5.26 Å². The Bertz CT molecular complexity index is 674. The van der Waals surface area contributed by atoms with Crippen LogP contribution in [0.3, 0.4) is 0 Å². The Kier molecular flexibility index (Phi) is 3.91. The van der Waals surface area contributed by atoms with E-state index in [0.29, 0.717) is 12.4 Å². The number of hydrogen-bond acceptors (Lipinski definition) is 6. The fraction of sp³-hybridized carbons (Fsp3) is 0.250. The molecular weight excluding hydrogens is 262 g/mol. The smallest absolute Gasteiger partial charge is 0.312 e. The minimum Gasteiger partial charge on any atom is -0.479 e. The molecule has 2 rings (SSSR count). The van der Waals surface area contributed by atoms with Crippen molar-refractivity contribution in [2.75, 3.05) is 0 Å². The topological polar surface area (TPSA) is 107 Å². The Hall–Kier alpha value is -2.95. The van der Waals surface area contributed by atoms with Gasteiger partial charge in [-0.05, 0) is 19.1 Å². The van der Waals surface area contributed by atoms with Gasteiger partial charge in [-0.2, -0.15) is 10.4 Å². The second-order valence-electron chi connectivity index (χ2n) is 3.83. The number of nitriles is 1. The van der Waals surface area contributed by atoms with Gasteiger partial charge < -0.3 is 4.74 Å². The molecule has 0 spiro atoms. The van der Waals surface area contributed by atoms with E-state index in [9.17, 15) is 10.1 Å². The first-order valence-electron chi connectivity index (χ1n) is 5.83. The predicted molar refractivity (Wildman–Crippen MR) is 67.8 cm³/mol. The maximum absolute atomic E-state index is 11.0. The first kappa shape index (κ1) is 13.5. The zero-order chi connectivity index (χ0) is 14.5. The highest BCUT2D eigenvalue weighted by Crippen LogP contribution is 2.28. The molecule has 0 saturated heterocycles. The molecule has 0 radical (unpaired) electrons. The van der Waals surface area contributed by atoms with Crippen LogP contribution in [0.25, 0.3) is 0 Å². The third kappa shape index (κ3) is 2.72. The van der Waals surface area contributed by atoms with Crippen molar-refractivity contribution in [3.63, 3.8) is 0 Å². The predicted octanol–water partition coefficient (Wildman–Crippen LogP) is 1.66. The van der Waals surface area contributed by atoms with Crippen LogP contribution in [0.5, 0.6) is 5.75 Å². The summed E-state index contributed by atoms with van der Waals surface area (Å²) < 4.78 is 7.04. The van der Waals surface area contributed by atoms with E-state index < -0.39 is 4.92 Å². The number of nitrogens with zero attached hydrogens (tertiary/aromatic N) is 5. The molecule has 1 aromatic carbocycles. The number of aryl methyl sites for hydroxylation is 1. The van der Waals surface area contributed by atoms with Gasteiger partial charge >= 0.3 is 5.69 Å². The Labute approximate surface area is 114 Å². The third-order valence-electron chi connectivity index (χ3n) is 2.64. The molecule has 20 heavy (non-hydrogen) atoms. The Balaban J connectivity index is 2.21. The van der Waals surface area contributed by atoms with Crippen LogP contribution in [-0.2, 0) is 13.2 Å². The quantitative estimate of drug-likeness (QED) is 0.605. The summed E-state index contributed by atoms with van der Waals surface area (Å²) >= 11 is 0. The van der Waals surface area contributed by atoms with Gasteiger partial charge in [0.15, 0.2) is 11.6 Å². The minimum atomic E-state index is -0.583. The van der Waals surface area contributed by atoms with E-state index in [1.165, 1.54) is 24.5 Å². The summed E-state index contributed by atoms with van der Waals surface area (Å²) in [4.78, 5) is 14.4. The van der Waals surface area contributed by atoms with Gasteiger partial charge in [0, 0.05) is 12.6 Å². The first-order valence-corrected chi connectivity index (χ1v) is 5.83. The molecule has 2 aromatic rings. The van der Waals surface area contributed by atoms with Crippen LogP contribution in [0.4, 0.5) is 5.69 Å². The number of ether oxygens (including phenoxy) is 1. The van der Waals surface area contributed by atoms with E-state index in [-0.39, 0.29) is 23.6 Å². The van der Waals surface area contributed by atoms with Crippen LogP contribution < -0.4 is 4.74 Å². The van der Waals surface area contributed by atoms with E-state index >= 15 is 0 Å². The maximum atomic E-state index is 11.0. The van der Waals surface area contributed by atoms with Gasteiger partial charge in [-0.1, -0.05) is 0 Å². The summed E-state index contributed by atoms with van der Waals surface area (Å²) in [5, 5.41) is 23.7. The van der Waals surface area contributed by atoms with Crippen LogP contribution in [0, 0.1) is 21.4 Å². The van der Waals surface area contributed by atoms with Crippen LogP contribution >= 0.6 is 0 Å². The van der Waals surface area contributed by atoms with Crippen molar-refractivity contribution >= 4 is 5.69 Å². The zero-order valence-electron chi connectivity index (χ0n) is 10.7. The Morgan fingerprint density at radius 2 is 2.35 bits per heavy atom. The van der Waals surface area contributed by atoms with Gasteiger partial charge in [-0.15, -0.1) is 0 Å². The highest BCUT2D eigenvalue weighted by atomic mass is 16.6. The summed E-state index contributed by atoms with van der Waals surface area (Å²) in [6, 6.07) is 5.90. The number of benzene rings is 1. The van der Waals surface area contributed by atoms with Crippen molar-refractivity contribution in [1.82, 2.24) is 14.8 Å². The van der Waals surface area contributed by atoms with Gasteiger partial charge in [0.2, 0.25) is 0 Å². The van der Waals surface area contributed by atoms with Gasteiger partial charge in [0.05, 0.1) is 16.6 Å². The largest absolute Gasteiger partial charge is 0.479 e. The zero-order valence-corrected chi connectivity index (χ0v) is 10.7. The van der Waals surface area contributed by atoms with Crippen molar-refractivity contribution in [3.8, 4) is 11.8 Å². The molecule has 1 aromatic heterocycles. The first-order chi connectivity index (χ1) is 9.65. The summed E-state index contributed by atoms with van der Waals surface area (Å²) in [6.45, 7) is 2.61. The average Bonchev–Trinajstić information content (AvgIpc) is 2.92. The standard InChI is InChI=1S/C12H11N5O3/c1-2-16-12(14-8-15-16)7-20-11-4-3-9(6-13)5-10(11)17(18)19/h3-5,8H,2,7H2,1H3. The highest BCUT2D eigenvalue weighted by Gasteiger charge is 2.17. The molecule has 0 aliphatic heterocycles. The van der Waals surface area contributed by atoms with Crippen molar-refractivity contribution < 1.29 is 9.66 Å². The molecule has 0 amide bonds. The molecule has 102 valence electrons. The average molecular weight is 273 g/mol. The van der Waals surface area contributed by atoms with Crippen molar-refractivity contribution in [2.24, 2.45) is 0 Å². The molecule has 0 atom stereocenters. The van der Waals surface area contributed by atoms with Crippen LogP contribution in [0.15, 0.2) is 24.5 Å². The van der Waals surface area contributed by atoms with Gasteiger partial charge in [0.1, 0.15) is 12.9 Å². The molecule has 8 heteroatoms. The monoisotopic (exact) mass is 273 g/mol. The molecule has 0 aliphatic carbocycles. The number of aromatic nitrogens is 3. The molecule has 0 N–H and O–H groups in total. The third-order valence-corrected chi connectivity index (χ3v) is 2.64. The fourth-order valence-corrected chi connectivity index (χ4v) is 1.66. The molecule has 0 aliphatic rings. The van der Waals surface area contributed by atoms with Gasteiger partial charge in [-0.25, -0.2) is 9.67 Å². The van der Waals surface area contributed by atoms with E-state index in [1.807, 2.05) is 13.0 Å². The molecule has 0 bridgehead atoms. The minimum absolute atomic E-state index is 0.0700. The highest BCUT2D eigenvalue weighted by molar-refractivity contribution is 5.51. The number of hydrogen-bond donors (Lipinski definition) is 0. The number of nitro groups is 1. The molecule has 0 unspecified atom stereocenters. The molecule has 0 saturated carbocycles. The lowest BCUT2D eigenvalue weighted by molar-refractivity contribution is -0.386. The summed E-state index contributed by atoms with van der Waals surface area (Å²) in [5.74, 6) is 0.672. The van der Waals surface area contributed by atoms with E-state index in [2.05, 4.69) is 10.1 Å². The van der Waals surface area contributed by atoms with Gasteiger partial charge in [-0.3, -0.25) is 10.1 Å².